The number of aliphatic hydroxyl groups excluding tert-OH is 1. The van der Waals surface area contributed by atoms with E-state index in [0.29, 0.717) is 11.7 Å². The monoisotopic (exact) mass is 288 g/mol. The number of pyridine rings is 1. The Balaban J connectivity index is 1.60. The standard InChI is InChI=1S/C15H20N4O2/c20-11-3-8-19-9-5-12(6-10-19)15-17-14(18-21-15)13-4-1-2-7-16-13/h1-2,4,7,12,20H,3,5-6,8-11H2. The summed E-state index contributed by atoms with van der Waals surface area (Å²) >= 11 is 0. The maximum Gasteiger partial charge on any atom is 0.230 e. The van der Waals surface area contributed by atoms with E-state index in [0.717, 1.165) is 50.5 Å². The van der Waals surface area contributed by atoms with E-state index in [1.54, 1.807) is 6.20 Å². The first-order valence-electron chi connectivity index (χ1n) is 7.45. The summed E-state index contributed by atoms with van der Waals surface area (Å²) in [6, 6.07) is 5.66. The molecule has 1 aliphatic rings. The van der Waals surface area contributed by atoms with Gasteiger partial charge in [0.1, 0.15) is 5.69 Å². The summed E-state index contributed by atoms with van der Waals surface area (Å²) in [7, 11) is 0. The molecular formula is C15H20N4O2. The first-order chi connectivity index (χ1) is 10.4. The van der Waals surface area contributed by atoms with Gasteiger partial charge >= 0.3 is 0 Å². The Kier molecular flexibility index (Phi) is 4.57. The zero-order valence-electron chi connectivity index (χ0n) is 12.0. The lowest BCUT2D eigenvalue weighted by Gasteiger charge is -2.29. The molecule has 2 aromatic heterocycles. The average molecular weight is 288 g/mol. The number of piperidine rings is 1. The fourth-order valence-corrected chi connectivity index (χ4v) is 2.70. The number of likely N-dealkylation sites (tertiary alicyclic amines) is 1. The van der Waals surface area contributed by atoms with Crippen LogP contribution in [0.5, 0.6) is 0 Å². The van der Waals surface area contributed by atoms with Crippen LogP contribution in [0.2, 0.25) is 0 Å². The smallest absolute Gasteiger partial charge is 0.230 e. The molecule has 6 nitrogen and oxygen atoms in total. The van der Waals surface area contributed by atoms with Gasteiger partial charge in [0.15, 0.2) is 0 Å². The summed E-state index contributed by atoms with van der Waals surface area (Å²) in [6.07, 6.45) is 4.62. The van der Waals surface area contributed by atoms with Crippen LogP contribution in [0.15, 0.2) is 28.9 Å². The van der Waals surface area contributed by atoms with Crippen molar-refractivity contribution in [2.75, 3.05) is 26.2 Å². The molecule has 0 aromatic carbocycles. The lowest BCUT2D eigenvalue weighted by Crippen LogP contribution is -2.34. The van der Waals surface area contributed by atoms with Crippen LogP contribution in [0.25, 0.3) is 11.5 Å². The zero-order chi connectivity index (χ0) is 14.5. The van der Waals surface area contributed by atoms with E-state index >= 15 is 0 Å². The van der Waals surface area contributed by atoms with Crippen molar-refractivity contribution in [3.63, 3.8) is 0 Å². The van der Waals surface area contributed by atoms with Crippen LogP contribution in [0, 0.1) is 0 Å². The van der Waals surface area contributed by atoms with Crippen LogP contribution in [0.4, 0.5) is 0 Å². The molecule has 1 N–H and O–H groups in total. The summed E-state index contributed by atoms with van der Waals surface area (Å²) in [6.45, 7) is 3.27. The van der Waals surface area contributed by atoms with E-state index in [4.69, 9.17) is 9.63 Å². The van der Waals surface area contributed by atoms with Crippen molar-refractivity contribution in [1.82, 2.24) is 20.0 Å². The maximum absolute atomic E-state index is 8.87. The average Bonchev–Trinajstić information content (AvgIpc) is 3.04. The second kappa shape index (κ2) is 6.78. The van der Waals surface area contributed by atoms with Gasteiger partial charge in [0.25, 0.3) is 0 Å². The number of rotatable bonds is 5. The van der Waals surface area contributed by atoms with Crippen LogP contribution in [-0.4, -0.2) is 51.4 Å². The first-order valence-corrected chi connectivity index (χ1v) is 7.45. The molecular weight excluding hydrogens is 268 g/mol. The largest absolute Gasteiger partial charge is 0.396 e. The summed E-state index contributed by atoms with van der Waals surface area (Å²) < 4.78 is 5.42. The van der Waals surface area contributed by atoms with E-state index in [2.05, 4.69) is 20.0 Å². The van der Waals surface area contributed by atoms with Crippen LogP contribution in [-0.2, 0) is 0 Å². The van der Waals surface area contributed by atoms with Gasteiger partial charge < -0.3 is 14.5 Å². The normalized spacial score (nSPS) is 17.2. The highest BCUT2D eigenvalue weighted by Gasteiger charge is 2.25. The van der Waals surface area contributed by atoms with Gasteiger partial charge in [0.05, 0.1) is 0 Å². The molecule has 1 fully saturated rings. The Bertz CT molecular complexity index is 550. The minimum atomic E-state index is 0.261. The summed E-state index contributed by atoms with van der Waals surface area (Å²) in [5.74, 6) is 1.62. The predicted octanol–water partition coefficient (Wildman–Crippen LogP) is 1.69. The van der Waals surface area contributed by atoms with Crippen molar-refractivity contribution >= 4 is 0 Å². The minimum absolute atomic E-state index is 0.261. The van der Waals surface area contributed by atoms with Crippen LogP contribution in [0.3, 0.4) is 0 Å². The highest BCUT2D eigenvalue weighted by molar-refractivity contribution is 5.47. The Hall–Kier alpha value is -1.79. The molecule has 0 unspecified atom stereocenters. The number of hydrogen-bond donors (Lipinski definition) is 1. The lowest BCUT2D eigenvalue weighted by atomic mass is 9.96. The topological polar surface area (TPSA) is 75.3 Å². The maximum atomic E-state index is 8.87. The molecule has 0 aliphatic carbocycles. The van der Waals surface area contributed by atoms with Gasteiger partial charge in [-0.15, -0.1) is 0 Å². The number of aromatic nitrogens is 3. The molecule has 6 heteroatoms. The summed E-state index contributed by atoms with van der Waals surface area (Å²) in [5, 5.41) is 12.9. The van der Waals surface area contributed by atoms with Gasteiger partial charge in [-0.25, -0.2) is 0 Å². The third-order valence-corrected chi connectivity index (χ3v) is 3.91. The Labute approximate surface area is 123 Å². The molecule has 21 heavy (non-hydrogen) atoms. The van der Waals surface area contributed by atoms with Gasteiger partial charge in [-0.3, -0.25) is 4.98 Å². The zero-order valence-corrected chi connectivity index (χ0v) is 12.0. The van der Waals surface area contributed by atoms with Gasteiger partial charge in [-0.05, 0) is 44.5 Å². The van der Waals surface area contributed by atoms with Crippen molar-refractivity contribution in [2.45, 2.75) is 25.2 Å². The molecule has 3 rings (SSSR count). The van der Waals surface area contributed by atoms with Gasteiger partial charge in [-0.1, -0.05) is 11.2 Å². The quantitative estimate of drug-likeness (QED) is 0.902. The third-order valence-electron chi connectivity index (χ3n) is 3.91. The highest BCUT2D eigenvalue weighted by atomic mass is 16.5. The predicted molar refractivity (Wildman–Crippen MR) is 77.6 cm³/mol. The lowest BCUT2D eigenvalue weighted by molar-refractivity contribution is 0.176. The molecule has 2 aromatic rings. The molecule has 112 valence electrons. The van der Waals surface area contributed by atoms with E-state index in [1.165, 1.54) is 0 Å². The SMILES string of the molecule is OCCCN1CCC(c2nc(-c3ccccn3)no2)CC1. The van der Waals surface area contributed by atoms with Crippen LogP contribution >= 0.6 is 0 Å². The fraction of sp³-hybridized carbons (Fsp3) is 0.533. The van der Waals surface area contributed by atoms with Crippen molar-refractivity contribution in [3.8, 4) is 11.5 Å². The van der Waals surface area contributed by atoms with Crippen LogP contribution in [0.1, 0.15) is 31.1 Å². The van der Waals surface area contributed by atoms with Gasteiger partial charge in [0, 0.05) is 25.3 Å². The third kappa shape index (κ3) is 3.46. The van der Waals surface area contributed by atoms with E-state index in [9.17, 15) is 0 Å². The number of nitrogens with zero attached hydrogens (tertiary/aromatic N) is 4. The molecule has 0 amide bonds. The summed E-state index contributed by atoms with van der Waals surface area (Å²) in [5.41, 5.74) is 0.743. The van der Waals surface area contributed by atoms with Crippen molar-refractivity contribution < 1.29 is 9.63 Å². The van der Waals surface area contributed by atoms with E-state index in [-0.39, 0.29) is 6.61 Å². The molecule has 1 aliphatic heterocycles. The number of hydrogen-bond acceptors (Lipinski definition) is 6. The molecule has 0 bridgehead atoms. The van der Waals surface area contributed by atoms with Gasteiger partial charge in [0.2, 0.25) is 11.7 Å². The Morgan fingerprint density at radius 2 is 2.14 bits per heavy atom. The Morgan fingerprint density at radius 3 is 2.86 bits per heavy atom. The van der Waals surface area contributed by atoms with Crippen molar-refractivity contribution in [3.05, 3.63) is 30.3 Å². The second-order valence-electron chi connectivity index (χ2n) is 5.36. The van der Waals surface area contributed by atoms with Crippen molar-refractivity contribution in [1.29, 1.82) is 0 Å². The van der Waals surface area contributed by atoms with Crippen molar-refractivity contribution in [2.24, 2.45) is 0 Å². The molecule has 0 spiro atoms. The molecule has 0 saturated carbocycles. The Morgan fingerprint density at radius 1 is 1.29 bits per heavy atom. The summed E-state index contributed by atoms with van der Waals surface area (Å²) in [4.78, 5) is 11.1. The molecule has 0 atom stereocenters. The van der Waals surface area contributed by atoms with Gasteiger partial charge in [-0.2, -0.15) is 4.98 Å². The molecule has 3 heterocycles. The first kappa shape index (κ1) is 14.2. The molecule has 0 radical (unpaired) electrons. The minimum Gasteiger partial charge on any atom is -0.396 e. The fourth-order valence-electron chi connectivity index (χ4n) is 2.70. The second-order valence-corrected chi connectivity index (χ2v) is 5.36. The van der Waals surface area contributed by atoms with Crippen LogP contribution < -0.4 is 0 Å². The number of aliphatic hydroxyl groups is 1. The van der Waals surface area contributed by atoms with E-state index in [1.807, 2.05) is 18.2 Å². The highest BCUT2D eigenvalue weighted by Crippen LogP contribution is 2.28. The molecule has 1 saturated heterocycles. The van der Waals surface area contributed by atoms with E-state index < -0.39 is 0 Å².